The monoisotopic (exact) mass is 329 g/mol. The van der Waals surface area contributed by atoms with Gasteiger partial charge in [-0.25, -0.2) is 12.7 Å². The molecule has 8 heteroatoms. The average Bonchev–Trinajstić information content (AvgIpc) is 3.01. The molecule has 1 aromatic heterocycles. The minimum absolute atomic E-state index is 0.0756. The third-order valence-electron chi connectivity index (χ3n) is 4.32. The molecule has 0 saturated carbocycles. The van der Waals surface area contributed by atoms with E-state index < -0.39 is 10.0 Å². The van der Waals surface area contributed by atoms with Crippen LogP contribution in [0.15, 0.2) is 16.9 Å². The Bertz CT molecular complexity index is 555. The summed E-state index contributed by atoms with van der Waals surface area (Å²) in [5, 5.41) is 3.71. The number of aromatic nitrogens is 1. The number of nitrogens with zero attached hydrogens (tertiary/aromatic N) is 3. The molecule has 0 spiro atoms. The Morgan fingerprint density at radius 3 is 2.82 bits per heavy atom. The lowest BCUT2D eigenvalue weighted by molar-refractivity contribution is 0.0265. The summed E-state index contributed by atoms with van der Waals surface area (Å²) in [7, 11) is -3.31. The van der Waals surface area contributed by atoms with Crippen LogP contribution in [0.2, 0.25) is 0 Å². The molecule has 3 heterocycles. The number of piperidine rings is 1. The zero-order chi connectivity index (χ0) is 15.4. The molecule has 2 aliphatic rings. The van der Waals surface area contributed by atoms with Crippen molar-refractivity contribution in [2.75, 3.05) is 45.9 Å². The van der Waals surface area contributed by atoms with Gasteiger partial charge in [0.1, 0.15) is 12.0 Å². The summed E-state index contributed by atoms with van der Waals surface area (Å²) >= 11 is 0. The highest BCUT2D eigenvalue weighted by molar-refractivity contribution is 7.88. The predicted molar refractivity (Wildman–Crippen MR) is 80.7 cm³/mol. The lowest BCUT2D eigenvalue weighted by Crippen LogP contribution is -2.46. The standard InChI is InChI=1S/C14H23N3O4S/c18-22(19,12-14-3-7-21-15-14)17-4-1-2-13(11-17)10-16-5-8-20-9-6-16/h3,7,13H,1-2,4-6,8-12H2/t13-/m1/s1. The molecule has 0 aliphatic carbocycles. The quantitative estimate of drug-likeness (QED) is 0.785. The van der Waals surface area contributed by atoms with Gasteiger partial charge in [-0.3, -0.25) is 4.90 Å². The molecule has 0 bridgehead atoms. The first-order valence-corrected chi connectivity index (χ1v) is 9.41. The summed E-state index contributed by atoms with van der Waals surface area (Å²) in [6.45, 7) is 5.63. The first-order chi connectivity index (χ1) is 10.6. The van der Waals surface area contributed by atoms with Gasteiger partial charge >= 0.3 is 0 Å². The van der Waals surface area contributed by atoms with E-state index in [4.69, 9.17) is 9.26 Å². The fourth-order valence-corrected chi connectivity index (χ4v) is 4.72. The minimum atomic E-state index is -3.31. The molecule has 0 radical (unpaired) electrons. The van der Waals surface area contributed by atoms with Crippen LogP contribution in [-0.4, -0.2) is 68.7 Å². The van der Waals surface area contributed by atoms with Crippen LogP contribution in [0.4, 0.5) is 0 Å². The Morgan fingerprint density at radius 1 is 1.27 bits per heavy atom. The third kappa shape index (κ3) is 4.07. The van der Waals surface area contributed by atoms with Crippen molar-refractivity contribution in [1.29, 1.82) is 0 Å². The molecule has 7 nitrogen and oxygen atoms in total. The molecule has 124 valence electrons. The summed E-state index contributed by atoms with van der Waals surface area (Å²) in [5.41, 5.74) is 0.468. The Kier molecular flexibility index (Phi) is 5.12. The van der Waals surface area contributed by atoms with E-state index in [9.17, 15) is 8.42 Å². The Labute approximate surface area is 131 Å². The van der Waals surface area contributed by atoms with Gasteiger partial charge < -0.3 is 9.26 Å². The van der Waals surface area contributed by atoms with Gasteiger partial charge in [-0.15, -0.1) is 0 Å². The van der Waals surface area contributed by atoms with Crippen LogP contribution in [0, 0.1) is 5.92 Å². The smallest absolute Gasteiger partial charge is 0.219 e. The molecular weight excluding hydrogens is 306 g/mol. The third-order valence-corrected chi connectivity index (χ3v) is 6.10. The second-order valence-electron chi connectivity index (χ2n) is 6.03. The fourth-order valence-electron chi connectivity index (χ4n) is 3.17. The summed E-state index contributed by atoms with van der Waals surface area (Å²) in [4.78, 5) is 2.38. The van der Waals surface area contributed by atoms with Crippen LogP contribution < -0.4 is 0 Å². The Hall–Kier alpha value is -0.960. The molecule has 1 aromatic rings. The van der Waals surface area contributed by atoms with Gasteiger partial charge in [-0.1, -0.05) is 5.16 Å². The first-order valence-electron chi connectivity index (χ1n) is 7.81. The van der Waals surface area contributed by atoms with Crippen molar-refractivity contribution in [2.45, 2.75) is 18.6 Å². The van der Waals surface area contributed by atoms with Gasteiger partial charge in [-0.2, -0.15) is 0 Å². The SMILES string of the molecule is O=S(=O)(Cc1ccon1)N1CCC[C@H](CN2CCOCC2)C1. The number of hydrogen-bond acceptors (Lipinski definition) is 6. The van der Waals surface area contributed by atoms with Crippen LogP contribution in [0.1, 0.15) is 18.5 Å². The zero-order valence-corrected chi connectivity index (χ0v) is 13.5. The average molecular weight is 329 g/mol. The second kappa shape index (κ2) is 7.08. The predicted octanol–water partition coefficient (Wildman–Crippen LogP) is 0.549. The van der Waals surface area contributed by atoms with Crippen molar-refractivity contribution in [2.24, 2.45) is 5.92 Å². The van der Waals surface area contributed by atoms with Crippen molar-refractivity contribution in [3.05, 3.63) is 18.0 Å². The van der Waals surface area contributed by atoms with E-state index in [1.54, 1.807) is 10.4 Å². The van der Waals surface area contributed by atoms with E-state index in [0.717, 1.165) is 45.7 Å². The largest absolute Gasteiger partial charge is 0.379 e. The second-order valence-corrected chi connectivity index (χ2v) is 8.00. The lowest BCUT2D eigenvalue weighted by atomic mass is 9.99. The van der Waals surface area contributed by atoms with Crippen molar-refractivity contribution in [3.8, 4) is 0 Å². The lowest BCUT2D eigenvalue weighted by Gasteiger charge is -2.36. The van der Waals surface area contributed by atoms with E-state index in [1.807, 2.05) is 0 Å². The van der Waals surface area contributed by atoms with Gasteiger partial charge in [0.2, 0.25) is 10.0 Å². The molecule has 0 amide bonds. The first kappa shape index (κ1) is 15.9. The van der Waals surface area contributed by atoms with Crippen LogP contribution in [0.25, 0.3) is 0 Å². The highest BCUT2D eigenvalue weighted by Crippen LogP contribution is 2.22. The van der Waals surface area contributed by atoms with E-state index in [1.165, 1.54) is 6.26 Å². The van der Waals surface area contributed by atoms with Crippen molar-refractivity contribution < 1.29 is 17.7 Å². The molecule has 2 saturated heterocycles. The Balaban J connectivity index is 1.57. The molecule has 22 heavy (non-hydrogen) atoms. The maximum absolute atomic E-state index is 12.5. The topological polar surface area (TPSA) is 75.9 Å². The van der Waals surface area contributed by atoms with Gasteiger partial charge in [0, 0.05) is 38.8 Å². The summed E-state index contributed by atoms with van der Waals surface area (Å²) in [5.74, 6) is 0.326. The van der Waals surface area contributed by atoms with Gasteiger partial charge in [-0.05, 0) is 18.8 Å². The molecule has 2 fully saturated rings. The van der Waals surface area contributed by atoms with E-state index in [0.29, 0.717) is 24.7 Å². The molecule has 0 N–H and O–H groups in total. The number of ether oxygens (including phenoxy) is 1. The molecular formula is C14H23N3O4S. The van der Waals surface area contributed by atoms with Crippen LogP contribution in [-0.2, 0) is 20.5 Å². The highest BCUT2D eigenvalue weighted by atomic mass is 32.2. The summed E-state index contributed by atoms with van der Waals surface area (Å²) < 4.78 is 36.7. The number of sulfonamides is 1. The van der Waals surface area contributed by atoms with E-state index in [2.05, 4.69) is 10.1 Å². The van der Waals surface area contributed by atoms with Gasteiger partial charge in [0.15, 0.2) is 0 Å². The Morgan fingerprint density at radius 2 is 2.09 bits per heavy atom. The van der Waals surface area contributed by atoms with E-state index in [-0.39, 0.29) is 5.75 Å². The van der Waals surface area contributed by atoms with Crippen LogP contribution in [0.3, 0.4) is 0 Å². The van der Waals surface area contributed by atoms with Gasteiger partial charge in [0.25, 0.3) is 0 Å². The molecule has 0 unspecified atom stereocenters. The number of rotatable bonds is 5. The van der Waals surface area contributed by atoms with Gasteiger partial charge in [0.05, 0.1) is 18.9 Å². The molecule has 0 aromatic carbocycles. The van der Waals surface area contributed by atoms with E-state index >= 15 is 0 Å². The van der Waals surface area contributed by atoms with Crippen LogP contribution >= 0.6 is 0 Å². The molecule has 2 aliphatic heterocycles. The van der Waals surface area contributed by atoms with Crippen molar-refractivity contribution >= 4 is 10.0 Å². The minimum Gasteiger partial charge on any atom is -0.379 e. The molecule has 1 atom stereocenters. The number of hydrogen-bond donors (Lipinski definition) is 0. The summed E-state index contributed by atoms with van der Waals surface area (Å²) in [6.07, 6.45) is 3.42. The zero-order valence-electron chi connectivity index (χ0n) is 12.7. The van der Waals surface area contributed by atoms with Crippen molar-refractivity contribution in [1.82, 2.24) is 14.4 Å². The highest BCUT2D eigenvalue weighted by Gasteiger charge is 2.30. The molecule has 3 rings (SSSR count). The van der Waals surface area contributed by atoms with Crippen molar-refractivity contribution in [3.63, 3.8) is 0 Å². The fraction of sp³-hybridized carbons (Fsp3) is 0.786. The van der Waals surface area contributed by atoms with Crippen LogP contribution in [0.5, 0.6) is 0 Å². The number of morpholine rings is 1. The maximum Gasteiger partial charge on any atom is 0.219 e. The normalized spacial score (nSPS) is 25.4. The maximum atomic E-state index is 12.5. The summed E-state index contributed by atoms with van der Waals surface area (Å²) in [6, 6.07) is 1.60.